The summed E-state index contributed by atoms with van der Waals surface area (Å²) >= 11 is 0. The zero-order chi connectivity index (χ0) is 27.4. The van der Waals surface area contributed by atoms with Gasteiger partial charge in [0.1, 0.15) is 18.1 Å². The molecular formula is C27H29N5O7. The third-order valence-corrected chi connectivity index (χ3v) is 6.81. The van der Waals surface area contributed by atoms with Gasteiger partial charge in [0.15, 0.2) is 0 Å². The topological polar surface area (TPSA) is 146 Å². The monoisotopic (exact) mass is 535 g/mol. The van der Waals surface area contributed by atoms with Gasteiger partial charge in [0.2, 0.25) is 12.2 Å². The van der Waals surface area contributed by atoms with Gasteiger partial charge in [-0.25, -0.2) is 14.8 Å². The van der Waals surface area contributed by atoms with Gasteiger partial charge in [-0.15, -0.1) is 0 Å². The number of cyclic esters (lactones) is 1. The number of nitrogens with zero attached hydrogens (tertiary/aromatic N) is 2. The van der Waals surface area contributed by atoms with E-state index in [-0.39, 0.29) is 32.5 Å². The summed E-state index contributed by atoms with van der Waals surface area (Å²) in [4.78, 5) is 64.7. The Labute approximate surface area is 224 Å². The molecule has 0 spiro atoms. The minimum absolute atomic E-state index is 0.0914. The van der Waals surface area contributed by atoms with Gasteiger partial charge in [0, 0.05) is 18.7 Å². The van der Waals surface area contributed by atoms with E-state index in [1.165, 1.54) is 5.01 Å². The van der Waals surface area contributed by atoms with Crippen molar-refractivity contribution in [3.8, 4) is 0 Å². The molecule has 5 amide bonds. The molecule has 0 aliphatic carbocycles. The number of carbonyl (C=O) groups is 5. The number of amides is 5. The standard InChI is InChI=1S/C27H29N5O7/c33-22-14-19(26(39-22)38-16-17-8-3-1-4-9-17)29-24(35)21-12-7-13-31-27(37)28-15-20(25(36)32(21)31)30-23(34)18-10-5-2-6-11-18/h1-6,8-11,19-21,26H,7,12-16H2,(H,28,37)(H,29,35)(H,30,34)/t19-,20-,21-,26?/m0/s1. The van der Waals surface area contributed by atoms with Crippen molar-refractivity contribution in [2.24, 2.45) is 0 Å². The van der Waals surface area contributed by atoms with E-state index in [9.17, 15) is 24.0 Å². The van der Waals surface area contributed by atoms with Crippen molar-refractivity contribution in [3.05, 3.63) is 71.8 Å². The van der Waals surface area contributed by atoms with E-state index in [1.807, 2.05) is 30.3 Å². The zero-order valence-electron chi connectivity index (χ0n) is 21.1. The summed E-state index contributed by atoms with van der Waals surface area (Å²) in [5, 5.41) is 10.4. The Morgan fingerprint density at radius 3 is 2.46 bits per heavy atom. The number of hydrazine groups is 1. The highest BCUT2D eigenvalue weighted by Gasteiger charge is 2.46. The maximum Gasteiger partial charge on any atom is 0.336 e. The molecule has 3 saturated heterocycles. The average molecular weight is 536 g/mol. The smallest absolute Gasteiger partial charge is 0.336 e. The van der Waals surface area contributed by atoms with Crippen molar-refractivity contribution in [2.75, 3.05) is 13.1 Å². The highest BCUT2D eigenvalue weighted by Crippen LogP contribution is 2.24. The Bertz CT molecular complexity index is 1240. The number of urea groups is 1. The first-order valence-corrected chi connectivity index (χ1v) is 12.8. The number of benzene rings is 2. The van der Waals surface area contributed by atoms with Crippen LogP contribution >= 0.6 is 0 Å². The molecule has 12 nitrogen and oxygen atoms in total. The Hall–Kier alpha value is -4.45. The number of hydrogen-bond acceptors (Lipinski definition) is 7. The molecule has 204 valence electrons. The second-order valence-electron chi connectivity index (χ2n) is 9.52. The van der Waals surface area contributed by atoms with Crippen molar-refractivity contribution >= 4 is 29.7 Å². The van der Waals surface area contributed by atoms with Crippen LogP contribution < -0.4 is 16.0 Å². The van der Waals surface area contributed by atoms with Gasteiger partial charge in [-0.05, 0) is 30.5 Å². The fourth-order valence-electron chi connectivity index (χ4n) is 4.85. The van der Waals surface area contributed by atoms with Crippen molar-refractivity contribution in [2.45, 2.75) is 50.3 Å². The quantitative estimate of drug-likeness (QED) is 0.442. The first-order valence-electron chi connectivity index (χ1n) is 12.8. The van der Waals surface area contributed by atoms with Crippen LogP contribution in [0.4, 0.5) is 4.79 Å². The van der Waals surface area contributed by atoms with Crippen LogP contribution in [0.15, 0.2) is 60.7 Å². The summed E-state index contributed by atoms with van der Waals surface area (Å²) < 4.78 is 11.0. The third-order valence-electron chi connectivity index (χ3n) is 6.81. The van der Waals surface area contributed by atoms with Gasteiger partial charge in [-0.1, -0.05) is 48.5 Å². The van der Waals surface area contributed by atoms with Gasteiger partial charge < -0.3 is 25.4 Å². The lowest BCUT2D eigenvalue weighted by molar-refractivity contribution is -0.169. The third kappa shape index (κ3) is 5.85. The van der Waals surface area contributed by atoms with Gasteiger partial charge >= 0.3 is 12.0 Å². The molecule has 3 aliphatic heterocycles. The number of nitrogens with one attached hydrogen (secondary N) is 3. The maximum atomic E-state index is 13.6. The molecule has 1 unspecified atom stereocenters. The lowest BCUT2D eigenvalue weighted by atomic mass is 10.0. The van der Waals surface area contributed by atoms with E-state index in [2.05, 4.69) is 16.0 Å². The highest BCUT2D eigenvalue weighted by atomic mass is 16.7. The summed E-state index contributed by atoms with van der Waals surface area (Å²) in [6, 6.07) is 14.3. The van der Waals surface area contributed by atoms with E-state index >= 15 is 0 Å². The van der Waals surface area contributed by atoms with Gasteiger partial charge in [0.05, 0.1) is 13.0 Å². The predicted molar refractivity (Wildman–Crippen MR) is 135 cm³/mol. The van der Waals surface area contributed by atoms with E-state index < -0.39 is 54.1 Å². The van der Waals surface area contributed by atoms with Gasteiger partial charge in [0.25, 0.3) is 11.8 Å². The maximum absolute atomic E-state index is 13.6. The summed E-state index contributed by atoms with van der Waals surface area (Å²) in [7, 11) is 0. The average Bonchev–Trinajstić information content (AvgIpc) is 3.26. The van der Waals surface area contributed by atoms with Crippen LogP contribution in [0.25, 0.3) is 0 Å². The molecule has 2 aromatic rings. The molecule has 0 aromatic heterocycles. The summed E-state index contributed by atoms with van der Waals surface area (Å²) in [5.41, 5.74) is 1.23. The molecule has 0 saturated carbocycles. The van der Waals surface area contributed by atoms with Crippen LogP contribution in [0.3, 0.4) is 0 Å². The second kappa shape index (κ2) is 11.5. The van der Waals surface area contributed by atoms with Crippen molar-refractivity contribution in [1.82, 2.24) is 26.0 Å². The van der Waals surface area contributed by atoms with Crippen LogP contribution in [-0.2, 0) is 30.5 Å². The molecule has 3 aliphatic rings. The summed E-state index contributed by atoms with van der Waals surface area (Å²) in [6.45, 7) is 0.280. The van der Waals surface area contributed by atoms with Gasteiger partial charge in [-0.2, -0.15) is 0 Å². The Kier molecular flexibility index (Phi) is 7.73. The number of hydrogen-bond donors (Lipinski definition) is 3. The lowest BCUT2D eigenvalue weighted by Gasteiger charge is -2.42. The predicted octanol–water partition coefficient (Wildman–Crippen LogP) is 0.691. The van der Waals surface area contributed by atoms with Crippen LogP contribution in [-0.4, -0.2) is 77.2 Å². The molecule has 2 aromatic carbocycles. The number of fused-ring (bicyclic) bond motifs is 1. The molecule has 0 radical (unpaired) electrons. The normalized spacial score (nSPS) is 24.8. The minimum Gasteiger partial charge on any atom is -0.433 e. The molecule has 3 fully saturated rings. The van der Waals surface area contributed by atoms with E-state index in [4.69, 9.17) is 9.47 Å². The minimum atomic E-state index is -1.08. The highest BCUT2D eigenvalue weighted by molar-refractivity contribution is 5.99. The molecule has 3 N–H and O–H groups in total. The number of esters is 1. The fourth-order valence-corrected chi connectivity index (χ4v) is 4.85. The summed E-state index contributed by atoms with van der Waals surface area (Å²) in [5.74, 6) is -2.13. The lowest BCUT2D eigenvalue weighted by Crippen LogP contribution is -2.64. The van der Waals surface area contributed by atoms with Crippen LogP contribution in [0.5, 0.6) is 0 Å². The molecule has 12 heteroatoms. The van der Waals surface area contributed by atoms with Crippen LogP contribution in [0.1, 0.15) is 35.2 Å². The molecule has 3 heterocycles. The van der Waals surface area contributed by atoms with Gasteiger partial charge in [-0.3, -0.25) is 19.2 Å². The second-order valence-corrected chi connectivity index (χ2v) is 9.52. The number of ether oxygens (including phenoxy) is 2. The zero-order valence-corrected chi connectivity index (χ0v) is 21.1. The fraction of sp³-hybridized carbons (Fsp3) is 0.370. The van der Waals surface area contributed by atoms with E-state index in [0.29, 0.717) is 12.0 Å². The SMILES string of the molecule is O=C1C[C@H](NC(=O)[C@@H]2CCCN3C(=O)NC[C@H](NC(=O)c4ccccc4)C(=O)N23)C(OCc2ccccc2)O1. The van der Waals surface area contributed by atoms with Crippen LogP contribution in [0, 0.1) is 0 Å². The molecule has 39 heavy (non-hydrogen) atoms. The number of carbonyl (C=O) groups excluding carboxylic acids is 5. The Balaban J connectivity index is 1.29. The molecular weight excluding hydrogens is 506 g/mol. The molecule has 4 atom stereocenters. The molecule has 0 bridgehead atoms. The largest absolute Gasteiger partial charge is 0.433 e. The first-order chi connectivity index (χ1) is 18.9. The van der Waals surface area contributed by atoms with E-state index in [0.717, 1.165) is 10.6 Å². The van der Waals surface area contributed by atoms with Crippen LogP contribution in [0.2, 0.25) is 0 Å². The van der Waals surface area contributed by atoms with Crippen molar-refractivity contribution in [3.63, 3.8) is 0 Å². The van der Waals surface area contributed by atoms with E-state index in [1.54, 1.807) is 30.3 Å². The van der Waals surface area contributed by atoms with Crippen molar-refractivity contribution < 1.29 is 33.4 Å². The Morgan fingerprint density at radius 1 is 1.00 bits per heavy atom. The molecule has 5 rings (SSSR count). The summed E-state index contributed by atoms with van der Waals surface area (Å²) in [6.07, 6.45) is -0.323. The first kappa shape index (κ1) is 26.2. The number of rotatable bonds is 7. The van der Waals surface area contributed by atoms with Crippen molar-refractivity contribution in [1.29, 1.82) is 0 Å². The Morgan fingerprint density at radius 2 is 1.72 bits per heavy atom.